The lowest BCUT2D eigenvalue weighted by atomic mass is 9.98. The van der Waals surface area contributed by atoms with Crippen molar-refractivity contribution in [1.82, 2.24) is 0 Å². The Labute approximate surface area is 86.3 Å². The van der Waals surface area contributed by atoms with Crippen molar-refractivity contribution >= 4 is 0 Å². The summed E-state index contributed by atoms with van der Waals surface area (Å²) in [6.07, 6.45) is 4.29. The molecule has 0 atom stereocenters. The average molecular weight is 199 g/mol. The minimum atomic E-state index is 0.759. The van der Waals surface area contributed by atoms with Gasteiger partial charge in [0.2, 0.25) is 0 Å². The Morgan fingerprint density at radius 2 is 2.14 bits per heavy atom. The van der Waals surface area contributed by atoms with Crippen molar-refractivity contribution in [2.75, 3.05) is 33.5 Å². The molecular weight excluding hydrogens is 178 g/mol. The third kappa shape index (κ3) is 3.78. The van der Waals surface area contributed by atoms with E-state index in [1.165, 1.54) is 11.1 Å². The number of nitrogens with two attached hydrogens (primary N) is 1. The zero-order valence-corrected chi connectivity index (χ0v) is 9.05. The summed E-state index contributed by atoms with van der Waals surface area (Å²) >= 11 is 0. The van der Waals surface area contributed by atoms with Gasteiger partial charge in [0.05, 0.1) is 19.8 Å². The van der Waals surface area contributed by atoms with Gasteiger partial charge in [0, 0.05) is 7.11 Å². The molecule has 0 aromatic heterocycles. The minimum Gasteiger partial charge on any atom is -0.381 e. The van der Waals surface area contributed by atoms with E-state index in [4.69, 9.17) is 15.2 Å². The maximum atomic E-state index is 5.51. The second-order valence-electron chi connectivity index (χ2n) is 3.64. The smallest absolute Gasteiger partial charge is 0.0675 e. The van der Waals surface area contributed by atoms with E-state index in [0.29, 0.717) is 0 Å². The van der Waals surface area contributed by atoms with Crippen LogP contribution in [0.25, 0.3) is 0 Å². The monoisotopic (exact) mass is 199 g/mol. The molecular formula is C11H21NO2. The van der Waals surface area contributed by atoms with Crippen LogP contribution in [0, 0.1) is 0 Å². The lowest BCUT2D eigenvalue weighted by Crippen LogP contribution is -2.12. The van der Waals surface area contributed by atoms with Crippen LogP contribution in [-0.4, -0.2) is 33.5 Å². The van der Waals surface area contributed by atoms with Gasteiger partial charge in [-0.1, -0.05) is 5.57 Å². The van der Waals surface area contributed by atoms with Crippen molar-refractivity contribution in [2.24, 2.45) is 5.73 Å². The molecule has 0 aliphatic carbocycles. The quantitative estimate of drug-likeness (QED) is 0.682. The lowest BCUT2D eigenvalue weighted by molar-refractivity contribution is 0.117. The van der Waals surface area contributed by atoms with Gasteiger partial charge in [-0.3, -0.25) is 0 Å². The molecule has 14 heavy (non-hydrogen) atoms. The van der Waals surface area contributed by atoms with Crippen molar-refractivity contribution in [3.05, 3.63) is 11.1 Å². The van der Waals surface area contributed by atoms with Crippen molar-refractivity contribution in [2.45, 2.75) is 25.7 Å². The summed E-state index contributed by atoms with van der Waals surface area (Å²) in [6, 6.07) is 0. The van der Waals surface area contributed by atoms with Crippen LogP contribution in [0.5, 0.6) is 0 Å². The van der Waals surface area contributed by atoms with E-state index in [-0.39, 0.29) is 0 Å². The molecule has 1 saturated heterocycles. The molecule has 1 fully saturated rings. The second-order valence-corrected chi connectivity index (χ2v) is 3.64. The third-order valence-corrected chi connectivity index (χ3v) is 2.60. The van der Waals surface area contributed by atoms with E-state index in [0.717, 1.165) is 52.0 Å². The van der Waals surface area contributed by atoms with Crippen molar-refractivity contribution in [3.63, 3.8) is 0 Å². The highest BCUT2D eigenvalue weighted by molar-refractivity contribution is 5.16. The Bertz CT molecular complexity index is 182. The van der Waals surface area contributed by atoms with E-state index >= 15 is 0 Å². The van der Waals surface area contributed by atoms with Crippen LogP contribution in [0.1, 0.15) is 25.7 Å². The predicted molar refractivity (Wildman–Crippen MR) is 57.2 cm³/mol. The zero-order valence-electron chi connectivity index (χ0n) is 9.05. The van der Waals surface area contributed by atoms with Gasteiger partial charge in [0.25, 0.3) is 0 Å². The standard InChI is InChI=1S/C11H21NO2/c1-13-9-11(3-2-6-12)10-4-7-14-8-5-10/h2-9,12H2,1H3. The van der Waals surface area contributed by atoms with Crippen LogP contribution in [0.4, 0.5) is 0 Å². The Kier molecular flexibility index (Phi) is 5.83. The Hall–Kier alpha value is -0.380. The first-order valence-corrected chi connectivity index (χ1v) is 5.35. The third-order valence-electron chi connectivity index (χ3n) is 2.60. The molecule has 0 amide bonds. The first kappa shape index (κ1) is 11.7. The Morgan fingerprint density at radius 1 is 1.43 bits per heavy atom. The molecule has 1 aliphatic rings. The first-order chi connectivity index (χ1) is 6.88. The van der Waals surface area contributed by atoms with E-state index in [1.54, 1.807) is 7.11 Å². The maximum Gasteiger partial charge on any atom is 0.0675 e. The summed E-state index contributed by atoms with van der Waals surface area (Å²) in [6.45, 7) is 3.25. The summed E-state index contributed by atoms with van der Waals surface area (Å²) in [5.41, 5.74) is 8.49. The van der Waals surface area contributed by atoms with Crippen LogP contribution in [0.2, 0.25) is 0 Å². The van der Waals surface area contributed by atoms with Crippen LogP contribution in [-0.2, 0) is 9.47 Å². The molecule has 2 N–H and O–H groups in total. The highest BCUT2D eigenvalue weighted by Gasteiger charge is 2.10. The molecule has 0 aromatic rings. The SMILES string of the molecule is COCC(CCCN)=C1CCOCC1. The van der Waals surface area contributed by atoms with Gasteiger partial charge >= 0.3 is 0 Å². The van der Waals surface area contributed by atoms with Gasteiger partial charge in [-0.2, -0.15) is 0 Å². The molecule has 0 radical (unpaired) electrons. The number of methoxy groups -OCH3 is 1. The maximum absolute atomic E-state index is 5.51. The van der Waals surface area contributed by atoms with Crippen molar-refractivity contribution in [3.8, 4) is 0 Å². The fourth-order valence-corrected chi connectivity index (χ4v) is 1.81. The topological polar surface area (TPSA) is 44.5 Å². The summed E-state index contributed by atoms with van der Waals surface area (Å²) in [4.78, 5) is 0. The molecule has 0 saturated carbocycles. The predicted octanol–water partition coefficient (Wildman–Crippen LogP) is 1.48. The lowest BCUT2D eigenvalue weighted by Gasteiger charge is -2.19. The molecule has 0 aromatic carbocycles. The van der Waals surface area contributed by atoms with Gasteiger partial charge in [-0.25, -0.2) is 0 Å². The Balaban J connectivity index is 2.51. The van der Waals surface area contributed by atoms with E-state index in [9.17, 15) is 0 Å². The van der Waals surface area contributed by atoms with Crippen LogP contribution in [0.15, 0.2) is 11.1 Å². The highest BCUT2D eigenvalue weighted by Crippen LogP contribution is 2.21. The summed E-state index contributed by atoms with van der Waals surface area (Å²) < 4.78 is 10.5. The average Bonchev–Trinajstić information content (AvgIpc) is 2.25. The Morgan fingerprint density at radius 3 is 2.71 bits per heavy atom. The molecule has 0 bridgehead atoms. The van der Waals surface area contributed by atoms with Crippen molar-refractivity contribution in [1.29, 1.82) is 0 Å². The fraction of sp³-hybridized carbons (Fsp3) is 0.818. The highest BCUT2D eigenvalue weighted by atomic mass is 16.5. The van der Waals surface area contributed by atoms with Crippen LogP contribution >= 0.6 is 0 Å². The van der Waals surface area contributed by atoms with Gasteiger partial charge in [0.1, 0.15) is 0 Å². The summed E-state index contributed by atoms with van der Waals surface area (Å²) in [7, 11) is 1.75. The fourth-order valence-electron chi connectivity index (χ4n) is 1.81. The minimum absolute atomic E-state index is 0.759. The molecule has 1 heterocycles. The molecule has 82 valence electrons. The largest absolute Gasteiger partial charge is 0.381 e. The van der Waals surface area contributed by atoms with E-state index in [1.807, 2.05) is 0 Å². The van der Waals surface area contributed by atoms with Gasteiger partial charge < -0.3 is 15.2 Å². The molecule has 3 nitrogen and oxygen atoms in total. The van der Waals surface area contributed by atoms with E-state index < -0.39 is 0 Å². The van der Waals surface area contributed by atoms with Crippen molar-refractivity contribution < 1.29 is 9.47 Å². The summed E-state index contributed by atoms with van der Waals surface area (Å²) in [5.74, 6) is 0. The normalized spacial score (nSPS) is 17.1. The number of hydrogen-bond acceptors (Lipinski definition) is 3. The summed E-state index contributed by atoms with van der Waals surface area (Å²) in [5, 5.41) is 0. The van der Waals surface area contributed by atoms with Gasteiger partial charge in [-0.15, -0.1) is 0 Å². The molecule has 1 rings (SSSR count). The van der Waals surface area contributed by atoms with Gasteiger partial charge in [0.15, 0.2) is 0 Å². The number of rotatable bonds is 5. The molecule has 3 heteroatoms. The molecule has 0 spiro atoms. The molecule has 1 aliphatic heterocycles. The van der Waals surface area contributed by atoms with E-state index in [2.05, 4.69) is 0 Å². The van der Waals surface area contributed by atoms with Crippen LogP contribution in [0.3, 0.4) is 0 Å². The second kappa shape index (κ2) is 6.98. The first-order valence-electron chi connectivity index (χ1n) is 5.35. The van der Waals surface area contributed by atoms with Crippen LogP contribution < -0.4 is 5.73 Å². The molecule has 0 unspecified atom stereocenters. The zero-order chi connectivity index (χ0) is 10.2. The van der Waals surface area contributed by atoms with Gasteiger partial charge in [-0.05, 0) is 37.8 Å². The number of ether oxygens (including phenoxy) is 2. The number of hydrogen-bond donors (Lipinski definition) is 1.